The van der Waals surface area contributed by atoms with Crippen LogP contribution in [0.2, 0.25) is 0 Å². The number of benzene rings is 2. The molecular weight excluding hydrogens is 322 g/mol. The fourth-order valence-electron chi connectivity index (χ4n) is 2.72. The first-order valence-electron chi connectivity index (χ1n) is 7.49. The van der Waals surface area contributed by atoms with Gasteiger partial charge in [-0.25, -0.2) is 0 Å². The van der Waals surface area contributed by atoms with Crippen molar-refractivity contribution >= 4 is 49.0 Å². The first kappa shape index (κ1) is 14.7. The van der Waals surface area contributed by atoms with E-state index >= 15 is 0 Å². The highest BCUT2D eigenvalue weighted by molar-refractivity contribution is 7.23. The molecular formula is C18H15N3O2S. The third kappa shape index (κ3) is 2.41. The number of anilines is 2. The Morgan fingerprint density at radius 3 is 2.79 bits per heavy atom. The van der Waals surface area contributed by atoms with Crippen molar-refractivity contribution in [1.29, 1.82) is 0 Å². The molecule has 0 spiro atoms. The van der Waals surface area contributed by atoms with Crippen LogP contribution in [-0.4, -0.2) is 25.2 Å². The molecule has 0 bridgehead atoms. The molecule has 2 aromatic carbocycles. The Bertz CT molecular complexity index is 1020. The molecule has 120 valence electrons. The van der Waals surface area contributed by atoms with E-state index in [1.807, 2.05) is 67.5 Å². The zero-order chi connectivity index (χ0) is 16.7. The zero-order valence-corrected chi connectivity index (χ0v) is 14.1. The first-order chi connectivity index (χ1) is 11.6. The lowest BCUT2D eigenvalue weighted by molar-refractivity contribution is 0.102. The maximum absolute atomic E-state index is 12.7. The summed E-state index contributed by atoms with van der Waals surface area (Å²) in [4.78, 5) is 14.6. The molecule has 0 atom stereocenters. The molecule has 2 heterocycles. The van der Waals surface area contributed by atoms with Gasteiger partial charge in [-0.2, -0.15) is 0 Å². The number of aromatic nitrogens is 1. The molecule has 4 rings (SSSR count). The van der Waals surface area contributed by atoms with Gasteiger partial charge in [-0.05, 0) is 29.7 Å². The van der Waals surface area contributed by atoms with Crippen LogP contribution in [0, 0.1) is 0 Å². The number of carbonyl (C=O) groups excluding carboxylic acids is 1. The third-order valence-electron chi connectivity index (χ3n) is 3.84. The smallest absolute Gasteiger partial charge is 0.279 e. The van der Waals surface area contributed by atoms with Crippen LogP contribution in [0.4, 0.5) is 10.7 Å². The van der Waals surface area contributed by atoms with E-state index in [1.54, 1.807) is 0 Å². The highest BCUT2D eigenvalue weighted by Gasteiger charge is 2.20. The second kappa shape index (κ2) is 5.65. The van der Waals surface area contributed by atoms with E-state index in [0.717, 1.165) is 26.2 Å². The van der Waals surface area contributed by atoms with Crippen molar-refractivity contribution in [3.05, 3.63) is 54.2 Å². The number of hydrogen-bond donors (Lipinski definition) is 1. The van der Waals surface area contributed by atoms with E-state index in [1.165, 1.54) is 11.3 Å². The summed E-state index contributed by atoms with van der Waals surface area (Å²) in [6, 6.07) is 15.6. The largest absolute Gasteiger partial charge is 0.377 e. The van der Waals surface area contributed by atoms with Gasteiger partial charge in [-0.1, -0.05) is 29.4 Å². The lowest BCUT2D eigenvalue weighted by atomic mass is 10.1. The minimum atomic E-state index is -0.269. The zero-order valence-electron chi connectivity index (χ0n) is 13.2. The molecule has 6 heteroatoms. The maximum Gasteiger partial charge on any atom is 0.279 e. The molecule has 2 aromatic heterocycles. The Balaban J connectivity index is 1.73. The molecule has 4 aromatic rings. The van der Waals surface area contributed by atoms with Gasteiger partial charge < -0.3 is 14.7 Å². The van der Waals surface area contributed by atoms with Crippen molar-refractivity contribution in [2.45, 2.75) is 0 Å². The van der Waals surface area contributed by atoms with Crippen LogP contribution in [0.5, 0.6) is 0 Å². The maximum atomic E-state index is 12.7. The number of rotatable bonds is 3. The van der Waals surface area contributed by atoms with Crippen molar-refractivity contribution < 1.29 is 9.32 Å². The summed E-state index contributed by atoms with van der Waals surface area (Å²) in [5.74, 6) is -0.269. The van der Waals surface area contributed by atoms with Gasteiger partial charge >= 0.3 is 0 Å². The van der Waals surface area contributed by atoms with Gasteiger partial charge in [-0.15, -0.1) is 11.3 Å². The summed E-state index contributed by atoms with van der Waals surface area (Å²) < 4.78 is 6.45. The molecule has 5 nitrogen and oxygen atoms in total. The van der Waals surface area contributed by atoms with Crippen LogP contribution in [0.1, 0.15) is 10.5 Å². The standard InChI is InChI=1S/C18H15N3O2S/c1-21(2)12-7-5-8-13-16(12)17(20-23-13)18(22)19-15-10-11-6-3-4-9-14(11)24-15/h3-10H,1-2H3,(H,19,22). The number of amides is 1. The summed E-state index contributed by atoms with van der Waals surface area (Å²) in [5.41, 5.74) is 1.80. The summed E-state index contributed by atoms with van der Waals surface area (Å²) in [5, 5.41) is 9.53. The lowest BCUT2D eigenvalue weighted by Gasteiger charge is -2.13. The third-order valence-corrected chi connectivity index (χ3v) is 4.87. The summed E-state index contributed by atoms with van der Waals surface area (Å²) >= 11 is 1.54. The molecule has 0 fully saturated rings. The van der Waals surface area contributed by atoms with Crippen LogP contribution in [0.15, 0.2) is 53.1 Å². The fourth-order valence-corrected chi connectivity index (χ4v) is 3.67. The molecule has 0 radical (unpaired) electrons. The lowest BCUT2D eigenvalue weighted by Crippen LogP contribution is -2.14. The highest BCUT2D eigenvalue weighted by Crippen LogP contribution is 2.32. The van der Waals surface area contributed by atoms with E-state index in [-0.39, 0.29) is 5.91 Å². The van der Waals surface area contributed by atoms with Gasteiger partial charge in [0.2, 0.25) is 0 Å². The molecule has 24 heavy (non-hydrogen) atoms. The van der Waals surface area contributed by atoms with Gasteiger partial charge in [0.1, 0.15) is 0 Å². The van der Waals surface area contributed by atoms with Gasteiger partial charge in [0.15, 0.2) is 11.3 Å². The molecule has 1 N–H and O–H groups in total. The predicted octanol–water partition coefficient (Wildman–Crippen LogP) is 4.36. The summed E-state index contributed by atoms with van der Waals surface area (Å²) in [6.45, 7) is 0. The monoisotopic (exact) mass is 337 g/mol. The molecule has 0 saturated heterocycles. The molecule has 0 aliphatic carbocycles. The first-order valence-corrected chi connectivity index (χ1v) is 8.31. The Hall–Kier alpha value is -2.86. The predicted molar refractivity (Wildman–Crippen MR) is 98.1 cm³/mol. The summed E-state index contributed by atoms with van der Waals surface area (Å²) in [6.07, 6.45) is 0. The van der Waals surface area contributed by atoms with Crippen LogP contribution in [0.25, 0.3) is 21.1 Å². The average molecular weight is 337 g/mol. The minimum Gasteiger partial charge on any atom is -0.377 e. The number of nitrogens with one attached hydrogen (secondary N) is 1. The number of hydrogen-bond acceptors (Lipinski definition) is 5. The Kier molecular flexibility index (Phi) is 3.46. The van der Waals surface area contributed by atoms with Gasteiger partial charge in [-0.3, -0.25) is 4.79 Å². The normalized spacial score (nSPS) is 11.1. The summed E-state index contributed by atoms with van der Waals surface area (Å²) in [7, 11) is 3.85. The number of carbonyl (C=O) groups is 1. The van der Waals surface area contributed by atoms with Crippen LogP contribution >= 0.6 is 11.3 Å². The average Bonchev–Trinajstić information content (AvgIpc) is 3.17. The fraction of sp³-hybridized carbons (Fsp3) is 0.111. The van der Waals surface area contributed by atoms with Crippen LogP contribution in [-0.2, 0) is 0 Å². The molecule has 0 aliphatic rings. The molecule has 0 unspecified atom stereocenters. The number of fused-ring (bicyclic) bond motifs is 2. The van der Waals surface area contributed by atoms with E-state index in [4.69, 9.17) is 4.52 Å². The SMILES string of the molecule is CN(C)c1cccc2onc(C(=O)Nc3cc4ccccc4s3)c12. The van der Waals surface area contributed by atoms with Crippen LogP contribution < -0.4 is 10.2 Å². The Morgan fingerprint density at radius 2 is 2.00 bits per heavy atom. The molecule has 0 aliphatic heterocycles. The number of nitrogens with zero attached hydrogens (tertiary/aromatic N) is 2. The quantitative estimate of drug-likeness (QED) is 0.603. The van der Waals surface area contributed by atoms with Crippen molar-refractivity contribution in [3.8, 4) is 0 Å². The van der Waals surface area contributed by atoms with E-state index in [9.17, 15) is 4.79 Å². The van der Waals surface area contributed by atoms with Gasteiger partial charge in [0.05, 0.1) is 10.4 Å². The number of thiophene rings is 1. The Morgan fingerprint density at radius 1 is 1.17 bits per heavy atom. The highest BCUT2D eigenvalue weighted by atomic mass is 32.1. The van der Waals surface area contributed by atoms with Gasteiger partial charge in [0.25, 0.3) is 5.91 Å². The van der Waals surface area contributed by atoms with Crippen molar-refractivity contribution in [2.24, 2.45) is 0 Å². The topological polar surface area (TPSA) is 58.4 Å². The van der Waals surface area contributed by atoms with E-state index < -0.39 is 0 Å². The molecule has 1 amide bonds. The molecule has 0 saturated carbocycles. The van der Waals surface area contributed by atoms with Crippen LogP contribution in [0.3, 0.4) is 0 Å². The van der Waals surface area contributed by atoms with Crippen molar-refractivity contribution in [1.82, 2.24) is 5.16 Å². The Labute approximate surface area is 142 Å². The van der Waals surface area contributed by atoms with E-state index in [2.05, 4.69) is 10.5 Å². The second-order valence-corrected chi connectivity index (χ2v) is 6.76. The second-order valence-electron chi connectivity index (χ2n) is 5.68. The van der Waals surface area contributed by atoms with Crippen molar-refractivity contribution in [3.63, 3.8) is 0 Å². The van der Waals surface area contributed by atoms with Crippen molar-refractivity contribution in [2.75, 3.05) is 24.3 Å². The minimum absolute atomic E-state index is 0.269. The van der Waals surface area contributed by atoms with E-state index in [0.29, 0.717) is 11.3 Å². The van der Waals surface area contributed by atoms with Gasteiger partial charge in [0, 0.05) is 24.5 Å².